The predicted molar refractivity (Wildman–Crippen MR) is 90.2 cm³/mol. The van der Waals surface area contributed by atoms with E-state index in [4.69, 9.17) is 4.74 Å². The molecule has 3 heteroatoms. The normalized spacial score (nSPS) is 14.7. The van der Waals surface area contributed by atoms with E-state index in [9.17, 15) is 4.79 Å². The zero-order valence-corrected chi connectivity index (χ0v) is 13.3. The number of hydrogen-bond donors (Lipinski definition) is 1. The first kappa shape index (κ1) is 17.1. The van der Waals surface area contributed by atoms with Gasteiger partial charge < -0.3 is 4.74 Å². The Morgan fingerprint density at radius 1 is 0.950 bits per heavy atom. The molecule has 0 saturated carbocycles. The van der Waals surface area contributed by atoms with Gasteiger partial charge in [0.15, 0.2) is 0 Å². The Hall–Kier alpha value is -0.960. The minimum atomic E-state index is -0.307. The molecule has 0 spiro atoms. The van der Waals surface area contributed by atoms with Gasteiger partial charge >= 0.3 is 5.97 Å². The molecule has 0 saturated heterocycles. The minimum Gasteiger partial charge on any atom is -0.463 e. The SMILES string of the molecule is C=CC(=O)OCCCCCCCCCC[SH]1C=CC=C1. The molecule has 1 aliphatic heterocycles. The quantitative estimate of drug-likeness (QED) is 0.240. The van der Waals surface area contributed by atoms with E-state index in [0.29, 0.717) is 6.61 Å². The molecule has 1 aliphatic rings. The molecule has 0 N–H and O–H groups in total. The summed E-state index contributed by atoms with van der Waals surface area (Å²) in [5.41, 5.74) is 0. The second-order valence-electron chi connectivity index (χ2n) is 5.12. The Kier molecular flexibility index (Phi) is 10.1. The van der Waals surface area contributed by atoms with Gasteiger partial charge in [-0.2, -0.15) is 0 Å². The fraction of sp³-hybridized carbons (Fsp3) is 0.588. The van der Waals surface area contributed by atoms with E-state index in [0.717, 1.165) is 12.8 Å². The fourth-order valence-corrected chi connectivity index (χ4v) is 3.84. The second kappa shape index (κ2) is 11.8. The van der Waals surface area contributed by atoms with Gasteiger partial charge in [-0.3, -0.25) is 0 Å². The van der Waals surface area contributed by atoms with Crippen molar-refractivity contribution in [2.24, 2.45) is 0 Å². The van der Waals surface area contributed by atoms with Crippen molar-refractivity contribution in [3.8, 4) is 0 Å². The molecule has 0 aliphatic carbocycles. The number of carbonyl (C=O) groups is 1. The molecule has 1 heterocycles. The third-order valence-electron chi connectivity index (χ3n) is 3.39. The van der Waals surface area contributed by atoms with Gasteiger partial charge in [0.2, 0.25) is 0 Å². The van der Waals surface area contributed by atoms with E-state index in [-0.39, 0.29) is 16.9 Å². The van der Waals surface area contributed by atoms with Crippen LogP contribution in [0.5, 0.6) is 0 Å². The number of ether oxygens (including phenoxy) is 1. The van der Waals surface area contributed by atoms with Crippen LogP contribution in [0.3, 0.4) is 0 Å². The molecule has 0 unspecified atom stereocenters. The highest BCUT2D eigenvalue weighted by Crippen LogP contribution is 2.33. The van der Waals surface area contributed by atoms with Gasteiger partial charge in [-0.15, -0.1) is 0 Å². The lowest BCUT2D eigenvalue weighted by Crippen LogP contribution is -2.01. The van der Waals surface area contributed by atoms with Crippen LogP contribution in [-0.2, 0) is 9.53 Å². The molecule has 0 aromatic rings. The molecule has 0 bridgehead atoms. The molecule has 0 aromatic heterocycles. The highest BCUT2D eigenvalue weighted by Gasteiger charge is 1.99. The maximum absolute atomic E-state index is 10.8. The average Bonchev–Trinajstić information content (AvgIpc) is 2.97. The van der Waals surface area contributed by atoms with Crippen LogP contribution < -0.4 is 0 Å². The maximum atomic E-state index is 10.8. The van der Waals surface area contributed by atoms with Crippen molar-refractivity contribution in [3.63, 3.8) is 0 Å². The van der Waals surface area contributed by atoms with Gasteiger partial charge in [-0.05, 0) is 29.4 Å². The number of hydrogen-bond acceptors (Lipinski definition) is 2. The summed E-state index contributed by atoms with van der Waals surface area (Å²) >= 11 is 0. The van der Waals surface area contributed by atoms with E-state index < -0.39 is 0 Å². The molecule has 114 valence electrons. The number of esters is 1. The smallest absolute Gasteiger partial charge is 0.330 e. The molecule has 1 rings (SSSR count). The van der Waals surface area contributed by atoms with E-state index in [1.54, 1.807) is 0 Å². The molecular weight excluding hydrogens is 268 g/mol. The van der Waals surface area contributed by atoms with Crippen LogP contribution in [-0.4, -0.2) is 18.3 Å². The van der Waals surface area contributed by atoms with Crippen molar-refractivity contribution in [2.75, 3.05) is 12.4 Å². The topological polar surface area (TPSA) is 26.3 Å². The van der Waals surface area contributed by atoms with E-state index >= 15 is 0 Å². The first-order valence-electron chi connectivity index (χ1n) is 7.73. The fourth-order valence-electron chi connectivity index (χ4n) is 2.21. The van der Waals surface area contributed by atoms with Crippen molar-refractivity contribution in [3.05, 3.63) is 35.6 Å². The number of unbranched alkanes of at least 4 members (excludes halogenated alkanes) is 7. The third kappa shape index (κ3) is 9.03. The molecule has 0 fully saturated rings. The summed E-state index contributed by atoms with van der Waals surface area (Å²) in [5.74, 6) is 1.07. The Bertz CT molecular complexity index is 322. The zero-order chi connectivity index (χ0) is 14.5. The van der Waals surface area contributed by atoms with Gasteiger partial charge in [0.25, 0.3) is 0 Å². The second-order valence-corrected chi connectivity index (χ2v) is 7.19. The highest BCUT2D eigenvalue weighted by molar-refractivity contribution is 8.22. The zero-order valence-electron chi connectivity index (χ0n) is 12.4. The summed E-state index contributed by atoms with van der Waals surface area (Å²) < 4.78 is 4.93. The molecular formula is C17H28O2S. The van der Waals surface area contributed by atoms with Crippen LogP contribution in [0.1, 0.15) is 51.4 Å². The Balaban J connectivity index is 1.74. The maximum Gasteiger partial charge on any atom is 0.330 e. The molecule has 2 nitrogen and oxygen atoms in total. The van der Waals surface area contributed by atoms with Crippen molar-refractivity contribution < 1.29 is 9.53 Å². The Morgan fingerprint density at radius 2 is 1.50 bits per heavy atom. The molecule has 0 radical (unpaired) electrons. The first-order chi connectivity index (χ1) is 9.83. The van der Waals surface area contributed by atoms with Crippen molar-refractivity contribution in [2.45, 2.75) is 51.4 Å². The molecule has 0 atom stereocenters. The monoisotopic (exact) mass is 296 g/mol. The van der Waals surface area contributed by atoms with E-state index in [1.807, 2.05) is 0 Å². The van der Waals surface area contributed by atoms with Crippen molar-refractivity contribution >= 4 is 16.9 Å². The number of carbonyl (C=O) groups excluding carboxylic acids is 1. The average molecular weight is 296 g/mol. The van der Waals surface area contributed by atoms with Gasteiger partial charge in [0.05, 0.1) is 6.61 Å². The highest BCUT2D eigenvalue weighted by atomic mass is 32.2. The van der Waals surface area contributed by atoms with Gasteiger partial charge in [-0.25, -0.2) is 15.7 Å². The number of thiol groups is 1. The largest absolute Gasteiger partial charge is 0.463 e. The Morgan fingerprint density at radius 3 is 2.10 bits per heavy atom. The summed E-state index contributed by atoms with van der Waals surface area (Å²) in [6.45, 7) is 3.91. The van der Waals surface area contributed by atoms with Crippen molar-refractivity contribution in [1.29, 1.82) is 0 Å². The first-order valence-corrected chi connectivity index (χ1v) is 9.39. The predicted octanol–water partition coefficient (Wildman–Crippen LogP) is 4.88. The molecule has 0 amide bonds. The van der Waals surface area contributed by atoms with Crippen molar-refractivity contribution in [1.82, 2.24) is 0 Å². The minimum absolute atomic E-state index is 0.104. The summed E-state index contributed by atoms with van der Waals surface area (Å²) in [4.78, 5) is 10.8. The van der Waals surface area contributed by atoms with Gasteiger partial charge in [0.1, 0.15) is 0 Å². The molecule has 0 aromatic carbocycles. The lowest BCUT2D eigenvalue weighted by molar-refractivity contribution is -0.137. The standard InChI is InChI=1S/C17H28O2S/c1-2-17(18)19-13-9-7-5-3-4-6-8-10-14-20-15-11-12-16-20/h2,11-12,15-16,20H,1,3-10,13-14H2. The molecule has 20 heavy (non-hydrogen) atoms. The van der Waals surface area contributed by atoms with Crippen LogP contribution in [0.15, 0.2) is 35.6 Å². The summed E-state index contributed by atoms with van der Waals surface area (Å²) in [5, 5.41) is 4.71. The lowest BCUT2D eigenvalue weighted by Gasteiger charge is -2.09. The third-order valence-corrected chi connectivity index (χ3v) is 5.33. The van der Waals surface area contributed by atoms with Gasteiger partial charge in [-0.1, -0.05) is 57.3 Å². The van der Waals surface area contributed by atoms with Crippen LogP contribution in [0.25, 0.3) is 0 Å². The van der Waals surface area contributed by atoms with E-state index in [1.165, 1.54) is 50.4 Å². The summed E-state index contributed by atoms with van der Waals surface area (Å²) in [6.07, 6.45) is 15.7. The number of allylic oxidation sites excluding steroid dienone is 2. The van der Waals surface area contributed by atoms with Crippen LogP contribution in [0, 0.1) is 0 Å². The van der Waals surface area contributed by atoms with Crippen LogP contribution in [0.2, 0.25) is 0 Å². The van der Waals surface area contributed by atoms with Crippen LogP contribution in [0.4, 0.5) is 0 Å². The van der Waals surface area contributed by atoms with Gasteiger partial charge in [0, 0.05) is 6.08 Å². The number of rotatable bonds is 12. The summed E-state index contributed by atoms with van der Waals surface area (Å²) in [7, 11) is 0.104. The van der Waals surface area contributed by atoms with Crippen LogP contribution >= 0.6 is 10.9 Å². The summed E-state index contributed by atoms with van der Waals surface area (Å²) in [6, 6.07) is 0. The lowest BCUT2D eigenvalue weighted by atomic mass is 10.1. The van der Waals surface area contributed by atoms with E-state index in [2.05, 4.69) is 29.5 Å². The Labute approximate surface area is 126 Å².